The number of amides is 1. The van der Waals surface area contributed by atoms with Gasteiger partial charge in [0.2, 0.25) is 0 Å². The maximum atomic E-state index is 12.7. The van der Waals surface area contributed by atoms with Crippen molar-refractivity contribution in [2.24, 2.45) is 5.92 Å². The van der Waals surface area contributed by atoms with Crippen LogP contribution in [-0.4, -0.2) is 64.0 Å². The molecule has 1 fully saturated rings. The third kappa shape index (κ3) is 7.88. The lowest BCUT2D eigenvalue weighted by Crippen LogP contribution is -2.39. The largest absolute Gasteiger partial charge is 0.478 e. The van der Waals surface area contributed by atoms with Crippen LogP contribution in [-0.2, 0) is 22.6 Å². The topological polar surface area (TPSA) is 98.1 Å². The first-order valence-corrected chi connectivity index (χ1v) is 13.3. The highest BCUT2D eigenvalue weighted by molar-refractivity contribution is 5.98. The fraction of sp³-hybridized carbons (Fsp3) is 0.281. The van der Waals surface area contributed by atoms with E-state index in [2.05, 4.69) is 70.5 Å². The Balaban J connectivity index is 0.000000386. The van der Waals surface area contributed by atoms with Gasteiger partial charge in [-0.25, -0.2) is 9.59 Å². The molecule has 1 amide bonds. The number of carboxylic acids is 2. The van der Waals surface area contributed by atoms with Crippen molar-refractivity contribution in [1.82, 2.24) is 9.80 Å². The van der Waals surface area contributed by atoms with Crippen LogP contribution in [0.2, 0.25) is 0 Å². The number of aliphatic carboxylic acids is 2. The second kappa shape index (κ2) is 13.5. The first-order chi connectivity index (χ1) is 18.9. The number of rotatable bonds is 8. The van der Waals surface area contributed by atoms with Crippen LogP contribution < -0.4 is 0 Å². The van der Waals surface area contributed by atoms with Crippen molar-refractivity contribution < 1.29 is 24.6 Å². The third-order valence-corrected chi connectivity index (χ3v) is 7.25. The van der Waals surface area contributed by atoms with E-state index in [4.69, 9.17) is 10.2 Å². The van der Waals surface area contributed by atoms with Crippen LogP contribution in [0.25, 0.3) is 11.1 Å². The molecule has 2 N–H and O–H groups in total. The molecule has 2 heterocycles. The SMILES string of the molecule is O=C(O)/C=C/C(=O)O.O=C1c2ccccc2CN1CC1CCN(CCc2ccccc2-c2ccccc2)CC1. The molecule has 0 bridgehead atoms. The summed E-state index contributed by atoms with van der Waals surface area (Å²) in [6, 6.07) is 27.5. The van der Waals surface area contributed by atoms with Gasteiger partial charge >= 0.3 is 11.9 Å². The molecular formula is C32H34N2O5. The van der Waals surface area contributed by atoms with Crippen molar-refractivity contribution in [2.75, 3.05) is 26.2 Å². The predicted octanol–water partition coefficient (Wildman–Crippen LogP) is 4.98. The van der Waals surface area contributed by atoms with Gasteiger partial charge in [-0.15, -0.1) is 0 Å². The van der Waals surface area contributed by atoms with E-state index in [0.717, 1.165) is 44.7 Å². The molecule has 0 aliphatic carbocycles. The van der Waals surface area contributed by atoms with E-state index in [9.17, 15) is 14.4 Å². The van der Waals surface area contributed by atoms with E-state index in [1.165, 1.54) is 35.1 Å². The number of hydrogen-bond donors (Lipinski definition) is 2. The number of piperidine rings is 1. The third-order valence-electron chi connectivity index (χ3n) is 7.25. The number of fused-ring (bicyclic) bond motifs is 1. The molecule has 0 radical (unpaired) electrons. The Hall–Kier alpha value is -4.23. The fourth-order valence-corrected chi connectivity index (χ4v) is 5.23. The summed E-state index contributed by atoms with van der Waals surface area (Å²) < 4.78 is 0. The first kappa shape index (κ1) is 27.8. The summed E-state index contributed by atoms with van der Waals surface area (Å²) in [4.78, 5) is 36.4. The van der Waals surface area contributed by atoms with E-state index in [-0.39, 0.29) is 5.91 Å². The minimum Gasteiger partial charge on any atom is -0.478 e. The number of carbonyl (C=O) groups excluding carboxylic acids is 1. The molecular weight excluding hydrogens is 492 g/mol. The molecule has 1 saturated heterocycles. The predicted molar refractivity (Wildman–Crippen MR) is 150 cm³/mol. The van der Waals surface area contributed by atoms with E-state index in [1.807, 2.05) is 18.2 Å². The van der Waals surface area contributed by atoms with Crippen LogP contribution in [0, 0.1) is 5.92 Å². The van der Waals surface area contributed by atoms with E-state index in [1.54, 1.807) is 0 Å². The van der Waals surface area contributed by atoms with Crippen LogP contribution in [0.1, 0.15) is 34.3 Å². The molecule has 0 atom stereocenters. The van der Waals surface area contributed by atoms with Gasteiger partial charge in [0.25, 0.3) is 5.91 Å². The van der Waals surface area contributed by atoms with Crippen LogP contribution in [0.15, 0.2) is 91.0 Å². The smallest absolute Gasteiger partial charge is 0.328 e. The van der Waals surface area contributed by atoms with Gasteiger partial charge in [-0.1, -0.05) is 72.8 Å². The maximum absolute atomic E-state index is 12.7. The normalized spacial score (nSPS) is 15.6. The van der Waals surface area contributed by atoms with Crippen LogP contribution in [0.4, 0.5) is 0 Å². The summed E-state index contributed by atoms with van der Waals surface area (Å²) in [5.41, 5.74) is 6.16. The van der Waals surface area contributed by atoms with Crippen molar-refractivity contribution in [1.29, 1.82) is 0 Å². The minimum absolute atomic E-state index is 0.218. The van der Waals surface area contributed by atoms with Gasteiger partial charge in [-0.3, -0.25) is 4.79 Å². The lowest BCUT2D eigenvalue weighted by Gasteiger charge is -2.34. The zero-order chi connectivity index (χ0) is 27.6. The van der Waals surface area contributed by atoms with Crippen LogP contribution >= 0.6 is 0 Å². The van der Waals surface area contributed by atoms with Gasteiger partial charge in [0.05, 0.1) is 0 Å². The van der Waals surface area contributed by atoms with Gasteiger partial charge in [0.1, 0.15) is 0 Å². The monoisotopic (exact) mass is 526 g/mol. The Kier molecular flexibility index (Phi) is 9.64. The molecule has 0 unspecified atom stereocenters. The summed E-state index contributed by atoms with van der Waals surface area (Å²) in [6.45, 7) is 5.05. The van der Waals surface area contributed by atoms with Crippen molar-refractivity contribution in [3.8, 4) is 11.1 Å². The molecule has 3 aromatic carbocycles. The molecule has 0 saturated carbocycles. The standard InChI is InChI=1S/C28H30N2O.C4H4O4/c31-28-27-13-7-5-11-25(27)21-30(28)20-22-14-17-29(18-15-22)19-16-24-10-4-6-12-26(24)23-8-2-1-3-9-23;5-3(6)1-2-4(7)8/h1-13,22H,14-21H2;1-2H,(H,5,6)(H,7,8)/b;2-1+. The maximum Gasteiger partial charge on any atom is 0.328 e. The molecule has 7 heteroatoms. The Labute approximate surface area is 229 Å². The van der Waals surface area contributed by atoms with Gasteiger partial charge < -0.3 is 20.0 Å². The molecule has 5 rings (SSSR count). The zero-order valence-electron chi connectivity index (χ0n) is 21.9. The summed E-state index contributed by atoms with van der Waals surface area (Å²) >= 11 is 0. The lowest BCUT2D eigenvalue weighted by molar-refractivity contribution is -0.134. The molecule has 0 spiro atoms. The van der Waals surface area contributed by atoms with Crippen LogP contribution in [0.5, 0.6) is 0 Å². The second-order valence-corrected chi connectivity index (χ2v) is 9.91. The Morgan fingerprint density at radius 2 is 1.38 bits per heavy atom. The molecule has 2 aliphatic heterocycles. The quantitative estimate of drug-likeness (QED) is 0.402. The summed E-state index contributed by atoms with van der Waals surface area (Å²) in [5.74, 6) is -1.68. The van der Waals surface area contributed by atoms with E-state index in [0.29, 0.717) is 18.1 Å². The minimum atomic E-state index is -1.26. The van der Waals surface area contributed by atoms with Gasteiger partial charge in [0, 0.05) is 37.3 Å². The summed E-state index contributed by atoms with van der Waals surface area (Å²) in [7, 11) is 0. The van der Waals surface area contributed by atoms with Gasteiger partial charge in [-0.2, -0.15) is 0 Å². The fourth-order valence-electron chi connectivity index (χ4n) is 5.23. The molecule has 0 aromatic heterocycles. The highest BCUT2D eigenvalue weighted by atomic mass is 16.4. The summed E-state index contributed by atoms with van der Waals surface area (Å²) in [6.07, 6.45) is 4.56. The lowest BCUT2D eigenvalue weighted by atomic mass is 9.94. The molecule has 202 valence electrons. The average molecular weight is 527 g/mol. The molecule has 3 aromatic rings. The number of nitrogens with zero attached hydrogens (tertiary/aromatic N) is 2. The van der Waals surface area contributed by atoms with Gasteiger partial charge in [-0.05, 0) is 66.6 Å². The summed E-state index contributed by atoms with van der Waals surface area (Å²) in [5, 5.41) is 15.6. The van der Waals surface area contributed by atoms with Gasteiger partial charge in [0.15, 0.2) is 0 Å². The van der Waals surface area contributed by atoms with Crippen molar-refractivity contribution in [3.63, 3.8) is 0 Å². The molecule has 39 heavy (non-hydrogen) atoms. The Bertz CT molecular complexity index is 1300. The number of likely N-dealkylation sites (tertiary alicyclic amines) is 1. The second-order valence-electron chi connectivity index (χ2n) is 9.91. The highest BCUT2D eigenvalue weighted by Crippen LogP contribution is 2.27. The average Bonchev–Trinajstić information content (AvgIpc) is 3.27. The van der Waals surface area contributed by atoms with E-state index < -0.39 is 11.9 Å². The Morgan fingerprint density at radius 1 is 0.795 bits per heavy atom. The zero-order valence-corrected chi connectivity index (χ0v) is 21.9. The van der Waals surface area contributed by atoms with Crippen molar-refractivity contribution in [2.45, 2.75) is 25.8 Å². The van der Waals surface area contributed by atoms with Crippen LogP contribution in [0.3, 0.4) is 0 Å². The van der Waals surface area contributed by atoms with Crippen molar-refractivity contribution >= 4 is 17.8 Å². The first-order valence-electron chi connectivity index (χ1n) is 13.3. The number of carbonyl (C=O) groups is 3. The number of carboxylic acid groups (broad SMARTS) is 2. The highest BCUT2D eigenvalue weighted by Gasteiger charge is 2.30. The molecule has 2 aliphatic rings. The Morgan fingerprint density at radius 3 is 2.03 bits per heavy atom. The van der Waals surface area contributed by atoms with Crippen molar-refractivity contribution in [3.05, 3.63) is 108 Å². The molecule has 7 nitrogen and oxygen atoms in total. The number of benzene rings is 3. The number of hydrogen-bond acceptors (Lipinski definition) is 4. The van der Waals surface area contributed by atoms with E-state index >= 15 is 0 Å².